The Hall–Kier alpha value is -4.06. The number of carbonyl (C=O) groups excluding carboxylic acids is 1. The minimum atomic E-state index is -0.936. The fraction of sp³-hybridized carbons (Fsp3) is 0.312. The molecule has 1 amide bonds. The minimum Gasteiger partial charge on any atom is -0.494 e. The number of anilines is 1. The van der Waals surface area contributed by atoms with E-state index in [2.05, 4.69) is 12.2 Å². The maximum absolute atomic E-state index is 13.5. The summed E-state index contributed by atoms with van der Waals surface area (Å²) in [6.45, 7) is 2.88. The van der Waals surface area contributed by atoms with E-state index in [9.17, 15) is 9.59 Å². The number of fused-ring (bicyclic) bond motifs is 3. The highest BCUT2D eigenvalue weighted by Gasteiger charge is 2.44. The number of carbonyl (C=O) groups is 1. The largest absolute Gasteiger partial charge is 0.494 e. The Kier molecular flexibility index (Phi) is 8.07. The number of benzene rings is 3. The van der Waals surface area contributed by atoms with Gasteiger partial charge in [0.1, 0.15) is 17.1 Å². The van der Waals surface area contributed by atoms with Gasteiger partial charge in [0, 0.05) is 5.69 Å². The van der Waals surface area contributed by atoms with Crippen LogP contribution in [0.15, 0.2) is 88.1 Å². The molecule has 0 fully saturated rings. The number of ether oxygens (including phenoxy) is 2. The molecule has 0 radical (unpaired) electrons. The Morgan fingerprint density at radius 1 is 0.868 bits per heavy atom. The molecule has 2 atom stereocenters. The van der Waals surface area contributed by atoms with Crippen LogP contribution < -0.4 is 20.4 Å². The second-order valence-corrected chi connectivity index (χ2v) is 9.69. The lowest BCUT2D eigenvalue weighted by atomic mass is 9.88. The Morgan fingerprint density at radius 3 is 2.37 bits per heavy atom. The van der Waals surface area contributed by atoms with Gasteiger partial charge < -0.3 is 19.2 Å². The first-order valence-corrected chi connectivity index (χ1v) is 13.5. The van der Waals surface area contributed by atoms with Gasteiger partial charge in [-0.2, -0.15) is 0 Å². The highest BCUT2D eigenvalue weighted by atomic mass is 16.5. The van der Waals surface area contributed by atoms with Crippen LogP contribution in [0, 0.1) is 0 Å². The third-order valence-electron chi connectivity index (χ3n) is 6.96. The van der Waals surface area contributed by atoms with Gasteiger partial charge in [0.05, 0.1) is 23.5 Å². The van der Waals surface area contributed by atoms with Crippen LogP contribution in [0.2, 0.25) is 0 Å². The van der Waals surface area contributed by atoms with Gasteiger partial charge in [-0.1, -0.05) is 81.5 Å². The third kappa shape index (κ3) is 5.59. The van der Waals surface area contributed by atoms with Crippen molar-refractivity contribution in [3.05, 3.63) is 100 Å². The molecule has 0 saturated carbocycles. The zero-order valence-electron chi connectivity index (χ0n) is 21.7. The maximum atomic E-state index is 13.5. The van der Waals surface area contributed by atoms with Gasteiger partial charge in [0.2, 0.25) is 0 Å². The topological polar surface area (TPSA) is 77.8 Å². The number of rotatable bonds is 11. The number of para-hydroxylation sites is 2. The smallest absolute Gasteiger partial charge is 0.344 e. The van der Waals surface area contributed by atoms with Crippen LogP contribution in [-0.2, 0) is 4.79 Å². The van der Waals surface area contributed by atoms with E-state index in [1.165, 1.54) is 25.7 Å². The second-order valence-electron chi connectivity index (χ2n) is 9.69. The van der Waals surface area contributed by atoms with Crippen molar-refractivity contribution in [3.63, 3.8) is 0 Å². The number of amides is 1. The van der Waals surface area contributed by atoms with Gasteiger partial charge in [0.15, 0.2) is 6.10 Å². The van der Waals surface area contributed by atoms with E-state index in [1.54, 1.807) is 12.1 Å². The lowest BCUT2D eigenvalue weighted by Gasteiger charge is -2.19. The van der Waals surface area contributed by atoms with Crippen molar-refractivity contribution in [3.8, 4) is 11.5 Å². The maximum Gasteiger partial charge on any atom is 0.344 e. The zero-order valence-corrected chi connectivity index (χ0v) is 21.7. The molecule has 0 aliphatic carbocycles. The lowest BCUT2D eigenvalue weighted by Crippen LogP contribution is -2.35. The van der Waals surface area contributed by atoms with Crippen LogP contribution in [-0.4, -0.2) is 18.6 Å². The first-order valence-electron chi connectivity index (χ1n) is 13.5. The minimum absolute atomic E-state index is 0.329. The monoisotopic (exact) mass is 511 g/mol. The molecule has 196 valence electrons. The van der Waals surface area contributed by atoms with E-state index in [0.717, 1.165) is 24.2 Å². The summed E-state index contributed by atoms with van der Waals surface area (Å²) in [4.78, 5) is 26.6. The molecular formula is C32H33NO5. The van der Waals surface area contributed by atoms with Crippen LogP contribution in [0.3, 0.4) is 0 Å². The van der Waals surface area contributed by atoms with Crippen LogP contribution in [0.4, 0.5) is 5.69 Å². The fourth-order valence-electron chi connectivity index (χ4n) is 5.00. The van der Waals surface area contributed by atoms with E-state index in [-0.39, 0.29) is 5.91 Å². The van der Waals surface area contributed by atoms with E-state index in [1.807, 2.05) is 66.7 Å². The Bertz CT molecular complexity index is 1430. The van der Waals surface area contributed by atoms with Crippen molar-refractivity contribution in [2.24, 2.45) is 0 Å². The van der Waals surface area contributed by atoms with Crippen molar-refractivity contribution in [2.75, 3.05) is 11.9 Å². The van der Waals surface area contributed by atoms with Gasteiger partial charge in [-0.15, -0.1) is 0 Å². The van der Waals surface area contributed by atoms with Crippen molar-refractivity contribution in [1.29, 1.82) is 0 Å². The van der Waals surface area contributed by atoms with Crippen molar-refractivity contribution in [2.45, 2.75) is 57.5 Å². The summed E-state index contributed by atoms with van der Waals surface area (Å²) >= 11 is 0. The molecule has 0 bridgehead atoms. The summed E-state index contributed by atoms with van der Waals surface area (Å²) < 4.78 is 17.8. The molecule has 1 aliphatic rings. The lowest BCUT2D eigenvalue weighted by molar-refractivity contribution is -0.122. The van der Waals surface area contributed by atoms with Crippen LogP contribution in [0.5, 0.6) is 11.5 Å². The van der Waals surface area contributed by atoms with Crippen molar-refractivity contribution >= 4 is 22.6 Å². The number of nitrogens with one attached hydrogen (secondary N) is 1. The third-order valence-corrected chi connectivity index (χ3v) is 6.96. The van der Waals surface area contributed by atoms with E-state index in [4.69, 9.17) is 13.9 Å². The summed E-state index contributed by atoms with van der Waals surface area (Å²) in [6.07, 6.45) is 6.29. The van der Waals surface area contributed by atoms with Gasteiger partial charge in [0.25, 0.3) is 5.91 Å². The molecule has 1 aromatic heterocycles. The second kappa shape index (κ2) is 12.0. The molecule has 2 heterocycles. The van der Waals surface area contributed by atoms with E-state index >= 15 is 0 Å². The quantitative estimate of drug-likeness (QED) is 0.172. The van der Waals surface area contributed by atoms with E-state index < -0.39 is 17.6 Å². The highest BCUT2D eigenvalue weighted by molar-refractivity contribution is 5.97. The Labute approximate surface area is 222 Å². The molecule has 4 aromatic rings. The molecule has 1 N–H and O–H groups in total. The average molecular weight is 512 g/mol. The fourth-order valence-corrected chi connectivity index (χ4v) is 5.00. The molecule has 38 heavy (non-hydrogen) atoms. The van der Waals surface area contributed by atoms with Gasteiger partial charge in [-0.05, 0) is 48.4 Å². The van der Waals surface area contributed by atoms with Crippen LogP contribution in [0.1, 0.15) is 62.5 Å². The molecule has 5 rings (SSSR count). The van der Waals surface area contributed by atoms with Gasteiger partial charge in [-0.3, -0.25) is 4.79 Å². The standard InChI is InChI=1S/C32H33NO5/c1-2-3-4-5-6-12-21-36-24-19-17-22(18-20-24)27-28-29(25-15-10-11-16-26(25)37-32(28)35)38-30(27)31(34)33-23-13-8-7-9-14-23/h7-11,13-20,27,30H,2-6,12,21H2,1H3,(H,33,34)/t27-,30-/m0/s1. The molecule has 6 heteroatoms. The Balaban J connectivity index is 1.39. The molecule has 0 saturated heterocycles. The Morgan fingerprint density at radius 2 is 1.58 bits per heavy atom. The summed E-state index contributed by atoms with van der Waals surface area (Å²) in [6, 6.07) is 24.0. The normalized spacial score (nSPS) is 16.1. The molecule has 6 nitrogen and oxygen atoms in total. The predicted octanol–water partition coefficient (Wildman–Crippen LogP) is 7.06. The molecular weight excluding hydrogens is 478 g/mol. The number of hydrogen-bond acceptors (Lipinski definition) is 5. The number of hydrogen-bond donors (Lipinski definition) is 1. The van der Waals surface area contributed by atoms with E-state index in [0.29, 0.717) is 34.6 Å². The first kappa shape index (κ1) is 25.6. The molecule has 0 unspecified atom stereocenters. The molecule has 1 aliphatic heterocycles. The van der Waals surface area contributed by atoms with Crippen LogP contribution in [0.25, 0.3) is 11.0 Å². The summed E-state index contributed by atoms with van der Waals surface area (Å²) in [5.41, 5.74) is 1.73. The van der Waals surface area contributed by atoms with Crippen molar-refractivity contribution < 1.29 is 18.7 Å². The predicted molar refractivity (Wildman–Crippen MR) is 149 cm³/mol. The highest BCUT2D eigenvalue weighted by Crippen LogP contribution is 2.44. The van der Waals surface area contributed by atoms with Gasteiger partial charge in [-0.25, -0.2) is 4.79 Å². The molecule has 0 spiro atoms. The first-order chi connectivity index (χ1) is 18.7. The summed E-state index contributed by atoms with van der Waals surface area (Å²) in [7, 11) is 0. The number of unbranched alkanes of at least 4 members (excludes halogenated alkanes) is 5. The summed E-state index contributed by atoms with van der Waals surface area (Å²) in [5, 5.41) is 3.60. The van der Waals surface area contributed by atoms with Gasteiger partial charge >= 0.3 is 5.63 Å². The molecule has 3 aromatic carbocycles. The van der Waals surface area contributed by atoms with Crippen molar-refractivity contribution in [1.82, 2.24) is 0 Å². The van der Waals surface area contributed by atoms with Crippen LogP contribution >= 0.6 is 0 Å². The summed E-state index contributed by atoms with van der Waals surface area (Å²) in [5.74, 6) is 0.210. The zero-order chi connectivity index (χ0) is 26.3. The average Bonchev–Trinajstić information content (AvgIpc) is 3.35. The SMILES string of the molecule is CCCCCCCCOc1ccc([C@H]2c3c(c4ccccc4oc3=O)O[C@@H]2C(=O)Nc2ccccc2)cc1.